The van der Waals surface area contributed by atoms with Gasteiger partial charge in [-0.25, -0.2) is 0 Å². The van der Waals surface area contributed by atoms with E-state index in [0.29, 0.717) is 13.2 Å². The molecule has 2 heterocycles. The third-order valence-corrected chi connectivity index (χ3v) is 3.48. The molecular weight excluding hydrogens is 226 g/mol. The van der Waals surface area contributed by atoms with Gasteiger partial charge in [0.25, 0.3) is 0 Å². The molecule has 1 aliphatic rings. The van der Waals surface area contributed by atoms with Crippen LogP contribution in [0.25, 0.3) is 22.9 Å². The lowest BCUT2D eigenvalue weighted by Gasteiger charge is -2.20. The fourth-order valence-electron chi connectivity index (χ4n) is 2.63. The molecule has 18 heavy (non-hydrogen) atoms. The first-order chi connectivity index (χ1) is 8.76. The van der Waals surface area contributed by atoms with Crippen molar-refractivity contribution >= 4 is 22.9 Å². The van der Waals surface area contributed by atoms with Crippen molar-refractivity contribution < 1.29 is 9.47 Å². The minimum absolute atomic E-state index is 0.625. The number of benzene rings is 1. The molecule has 0 spiro atoms. The van der Waals surface area contributed by atoms with E-state index < -0.39 is 0 Å². The molecule has 0 bridgehead atoms. The van der Waals surface area contributed by atoms with Crippen LogP contribution in [0.2, 0.25) is 0 Å². The van der Waals surface area contributed by atoms with Crippen LogP contribution in [0.1, 0.15) is 19.4 Å². The largest absolute Gasteiger partial charge is 0.486 e. The Kier molecular flexibility index (Phi) is 2.54. The first-order valence-electron chi connectivity index (χ1n) is 6.29. The lowest BCUT2D eigenvalue weighted by molar-refractivity contribution is 0.171. The monoisotopic (exact) mass is 243 g/mol. The summed E-state index contributed by atoms with van der Waals surface area (Å²) in [5, 5.41) is 4.72. The van der Waals surface area contributed by atoms with Crippen LogP contribution in [0.4, 0.5) is 0 Å². The predicted molar refractivity (Wildman–Crippen MR) is 73.6 cm³/mol. The standard InChI is InChI=1S/C15H17NO2/c1-4-11-10-8-13-15(18-7-6-17-13)9(3)14(10)12(5-2)16-11/h4-5,8,16H,6-7H2,1-3H3/b11-4-,12-5-. The molecule has 94 valence electrons. The van der Waals surface area contributed by atoms with Crippen LogP contribution in [0.3, 0.4) is 0 Å². The van der Waals surface area contributed by atoms with E-state index >= 15 is 0 Å². The average Bonchev–Trinajstić information content (AvgIpc) is 2.77. The molecule has 3 nitrogen and oxygen atoms in total. The van der Waals surface area contributed by atoms with Gasteiger partial charge < -0.3 is 14.5 Å². The Morgan fingerprint density at radius 1 is 1.11 bits per heavy atom. The number of nitrogens with one attached hydrogen (secondary N) is 1. The zero-order chi connectivity index (χ0) is 12.7. The number of aromatic amines is 1. The minimum atomic E-state index is 0.625. The van der Waals surface area contributed by atoms with Crippen LogP contribution >= 0.6 is 0 Å². The van der Waals surface area contributed by atoms with E-state index in [1.54, 1.807) is 0 Å². The van der Waals surface area contributed by atoms with Crippen LogP contribution in [-0.2, 0) is 0 Å². The smallest absolute Gasteiger partial charge is 0.164 e. The Labute approximate surface area is 106 Å². The van der Waals surface area contributed by atoms with Crippen LogP contribution in [0.15, 0.2) is 6.07 Å². The summed E-state index contributed by atoms with van der Waals surface area (Å²) in [5.74, 6) is 1.74. The molecule has 0 amide bonds. The molecule has 1 N–H and O–H groups in total. The van der Waals surface area contributed by atoms with Crippen LogP contribution in [0, 0.1) is 6.92 Å². The van der Waals surface area contributed by atoms with Crippen LogP contribution in [-0.4, -0.2) is 18.2 Å². The second-order valence-corrected chi connectivity index (χ2v) is 4.48. The van der Waals surface area contributed by atoms with Gasteiger partial charge >= 0.3 is 0 Å². The Balaban J connectivity index is 2.52. The molecule has 0 atom stereocenters. The van der Waals surface area contributed by atoms with E-state index in [1.165, 1.54) is 10.8 Å². The first kappa shape index (κ1) is 11.2. The number of H-pyrrole nitrogens is 1. The number of rotatable bonds is 0. The second kappa shape index (κ2) is 4.09. The van der Waals surface area contributed by atoms with Crippen LogP contribution in [0.5, 0.6) is 11.5 Å². The van der Waals surface area contributed by atoms with Crippen molar-refractivity contribution in [2.24, 2.45) is 0 Å². The van der Waals surface area contributed by atoms with Crippen molar-refractivity contribution in [3.63, 3.8) is 0 Å². The highest BCUT2D eigenvalue weighted by Crippen LogP contribution is 2.36. The molecule has 1 aromatic carbocycles. The molecule has 0 aliphatic carbocycles. The molecule has 3 rings (SSSR count). The molecule has 0 unspecified atom stereocenters. The van der Waals surface area contributed by atoms with Gasteiger partial charge in [0.2, 0.25) is 0 Å². The third kappa shape index (κ3) is 1.43. The summed E-state index contributed by atoms with van der Waals surface area (Å²) in [6.07, 6.45) is 4.18. The average molecular weight is 243 g/mol. The quantitative estimate of drug-likeness (QED) is 0.766. The van der Waals surface area contributed by atoms with Gasteiger partial charge in [0, 0.05) is 27.0 Å². The van der Waals surface area contributed by atoms with Crippen molar-refractivity contribution in [2.45, 2.75) is 20.8 Å². The zero-order valence-electron chi connectivity index (χ0n) is 11.0. The molecule has 0 saturated carbocycles. The minimum Gasteiger partial charge on any atom is -0.486 e. The van der Waals surface area contributed by atoms with Crippen molar-refractivity contribution in [3.8, 4) is 11.5 Å². The Morgan fingerprint density at radius 2 is 1.83 bits per heavy atom. The summed E-state index contributed by atoms with van der Waals surface area (Å²) in [6.45, 7) is 7.43. The van der Waals surface area contributed by atoms with E-state index in [4.69, 9.17) is 9.47 Å². The summed E-state index contributed by atoms with van der Waals surface area (Å²) in [6, 6.07) is 2.08. The van der Waals surface area contributed by atoms with E-state index in [1.807, 2.05) is 13.8 Å². The molecule has 0 saturated heterocycles. The molecule has 0 radical (unpaired) electrons. The highest BCUT2D eigenvalue weighted by Gasteiger charge is 2.18. The van der Waals surface area contributed by atoms with Gasteiger partial charge in [0.05, 0.1) is 0 Å². The van der Waals surface area contributed by atoms with Gasteiger partial charge in [-0.05, 0) is 26.8 Å². The topological polar surface area (TPSA) is 34.2 Å². The number of hydrogen-bond acceptors (Lipinski definition) is 2. The van der Waals surface area contributed by atoms with Crippen molar-refractivity contribution in [1.29, 1.82) is 0 Å². The van der Waals surface area contributed by atoms with E-state index in [-0.39, 0.29) is 0 Å². The maximum absolute atomic E-state index is 5.74. The maximum atomic E-state index is 5.74. The van der Waals surface area contributed by atoms with Gasteiger partial charge in [0.15, 0.2) is 11.5 Å². The third-order valence-electron chi connectivity index (χ3n) is 3.48. The molecule has 0 fully saturated rings. The number of aryl methyl sites for hydroxylation is 1. The molecule has 3 heteroatoms. The predicted octanol–water partition coefficient (Wildman–Crippen LogP) is 1.85. The molecular formula is C15H17NO2. The van der Waals surface area contributed by atoms with Crippen molar-refractivity contribution in [3.05, 3.63) is 22.3 Å². The number of fused-ring (bicyclic) bond motifs is 2. The maximum Gasteiger partial charge on any atom is 0.164 e. The van der Waals surface area contributed by atoms with Crippen molar-refractivity contribution in [1.82, 2.24) is 4.98 Å². The Bertz CT molecular complexity index is 725. The normalized spacial score (nSPS) is 16.6. The van der Waals surface area contributed by atoms with Gasteiger partial charge in [-0.1, -0.05) is 12.2 Å². The van der Waals surface area contributed by atoms with Crippen molar-refractivity contribution in [2.75, 3.05) is 13.2 Å². The van der Waals surface area contributed by atoms with Gasteiger partial charge in [-0.15, -0.1) is 0 Å². The lowest BCUT2D eigenvalue weighted by atomic mass is 10.1. The lowest BCUT2D eigenvalue weighted by Crippen LogP contribution is -2.16. The second-order valence-electron chi connectivity index (χ2n) is 4.48. The summed E-state index contributed by atoms with van der Waals surface area (Å²) < 4.78 is 11.4. The number of hydrogen-bond donors (Lipinski definition) is 1. The molecule has 2 aromatic rings. The van der Waals surface area contributed by atoms with Crippen LogP contribution < -0.4 is 20.2 Å². The van der Waals surface area contributed by atoms with E-state index in [0.717, 1.165) is 27.8 Å². The van der Waals surface area contributed by atoms with Gasteiger partial charge in [-0.2, -0.15) is 0 Å². The Hall–Kier alpha value is -1.90. The fourth-order valence-corrected chi connectivity index (χ4v) is 2.63. The van der Waals surface area contributed by atoms with Gasteiger partial charge in [-0.3, -0.25) is 0 Å². The summed E-state index contributed by atoms with van der Waals surface area (Å²) in [5.41, 5.74) is 1.15. The highest BCUT2D eigenvalue weighted by atomic mass is 16.6. The summed E-state index contributed by atoms with van der Waals surface area (Å²) in [4.78, 5) is 3.43. The summed E-state index contributed by atoms with van der Waals surface area (Å²) in [7, 11) is 0. The Morgan fingerprint density at radius 3 is 2.56 bits per heavy atom. The van der Waals surface area contributed by atoms with E-state index in [2.05, 4.69) is 30.1 Å². The van der Waals surface area contributed by atoms with Gasteiger partial charge in [0.1, 0.15) is 13.2 Å². The molecule has 1 aromatic heterocycles. The summed E-state index contributed by atoms with van der Waals surface area (Å²) >= 11 is 0. The van der Waals surface area contributed by atoms with E-state index in [9.17, 15) is 0 Å². The molecule has 1 aliphatic heterocycles. The zero-order valence-corrected chi connectivity index (χ0v) is 11.0. The number of aromatic nitrogens is 1. The SMILES string of the molecule is C/C=c1\[nH]/c(=C\C)c2c(C)c3c(cc12)OCCO3. The first-order valence-corrected chi connectivity index (χ1v) is 6.29. The number of ether oxygens (including phenoxy) is 2. The highest BCUT2D eigenvalue weighted by molar-refractivity contribution is 5.91. The fraction of sp³-hybridized carbons (Fsp3) is 0.333.